The Bertz CT molecular complexity index is 696. The highest BCUT2D eigenvalue weighted by Gasteiger charge is 2.32. The topological polar surface area (TPSA) is 82.7 Å². The molecule has 1 saturated heterocycles. The summed E-state index contributed by atoms with van der Waals surface area (Å²) in [6.45, 7) is 1.90. The molecule has 0 spiro atoms. The molecule has 3 rings (SSSR count). The molecule has 0 radical (unpaired) electrons. The van der Waals surface area contributed by atoms with E-state index in [2.05, 4.69) is 15.1 Å². The van der Waals surface area contributed by atoms with Gasteiger partial charge >= 0.3 is 0 Å². The molecule has 0 amide bonds. The van der Waals surface area contributed by atoms with Crippen molar-refractivity contribution in [2.24, 2.45) is 7.05 Å². The second-order valence-corrected chi connectivity index (χ2v) is 7.10. The Balaban J connectivity index is 2.05. The van der Waals surface area contributed by atoms with Crippen LogP contribution in [-0.2, 0) is 16.9 Å². The van der Waals surface area contributed by atoms with Crippen LogP contribution in [-0.4, -0.2) is 44.2 Å². The first-order valence-corrected chi connectivity index (χ1v) is 7.88. The van der Waals surface area contributed by atoms with E-state index in [0.29, 0.717) is 12.2 Å². The second kappa shape index (κ2) is 4.16. The van der Waals surface area contributed by atoms with E-state index in [-0.39, 0.29) is 17.5 Å². The van der Waals surface area contributed by atoms with Crippen LogP contribution in [0.15, 0.2) is 12.7 Å². The fourth-order valence-corrected chi connectivity index (χ4v) is 4.21. The summed E-state index contributed by atoms with van der Waals surface area (Å²) in [6.07, 6.45) is 3.78. The molecule has 0 N–H and O–H groups in total. The minimum Gasteiger partial charge on any atom is -0.331 e. The number of nitrogens with zero attached hydrogens (tertiary/aromatic N) is 5. The fourth-order valence-electron chi connectivity index (χ4n) is 2.52. The molecule has 102 valence electrons. The lowest BCUT2D eigenvalue weighted by molar-refractivity contribution is 0.502. The van der Waals surface area contributed by atoms with Crippen molar-refractivity contribution < 1.29 is 8.42 Å². The zero-order chi connectivity index (χ0) is 13.6. The Labute approximate surface area is 111 Å². The second-order valence-electron chi connectivity index (χ2n) is 4.87. The molecule has 2 aromatic heterocycles. The van der Waals surface area contributed by atoms with Crippen LogP contribution in [0.2, 0.25) is 0 Å². The van der Waals surface area contributed by atoms with Gasteiger partial charge in [0.05, 0.1) is 29.6 Å². The summed E-state index contributed by atoms with van der Waals surface area (Å²) in [4.78, 5) is 8.50. The molecule has 8 heteroatoms. The minimum absolute atomic E-state index is 0.128. The van der Waals surface area contributed by atoms with Crippen molar-refractivity contribution in [1.82, 2.24) is 24.3 Å². The number of imidazole rings is 1. The van der Waals surface area contributed by atoms with E-state index in [1.165, 1.54) is 6.33 Å². The molecule has 0 aromatic carbocycles. The molecule has 0 saturated carbocycles. The SMILES string of the molecule is Cc1ncn(C)c1-c1ncnn1C1CCS(=O)(=O)C1. The first-order valence-electron chi connectivity index (χ1n) is 6.06. The Morgan fingerprint density at radius 3 is 2.74 bits per heavy atom. The normalized spacial score (nSPS) is 21.9. The number of sulfone groups is 1. The summed E-state index contributed by atoms with van der Waals surface area (Å²) >= 11 is 0. The predicted octanol–water partition coefficient (Wildman–Crippen LogP) is 0.347. The molecule has 1 unspecified atom stereocenters. The molecule has 1 atom stereocenters. The van der Waals surface area contributed by atoms with Crippen molar-refractivity contribution in [2.75, 3.05) is 11.5 Å². The fraction of sp³-hybridized carbons (Fsp3) is 0.545. The van der Waals surface area contributed by atoms with E-state index in [4.69, 9.17) is 0 Å². The van der Waals surface area contributed by atoms with Crippen molar-refractivity contribution in [3.63, 3.8) is 0 Å². The summed E-state index contributed by atoms with van der Waals surface area (Å²) < 4.78 is 26.8. The molecule has 1 aliphatic heterocycles. The molecule has 7 nitrogen and oxygen atoms in total. The molecule has 1 aliphatic rings. The number of aryl methyl sites for hydroxylation is 2. The molecule has 2 aromatic rings. The van der Waals surface area contributed by atoms with Gasteiger partial charge < -0.3 is 4.57 Å². The Kier molecular flexibility index (Phi) is 2.70. The third-order valence-electron chi connectivity index (χ3n) is 3.46. The van der Waals surface area contributed by atoms with Gasteiger partial charge in [0.25, 0.3) is 0 Å². The van der Waals surface area contributed by atoms with E-state index in [1.54, 1.807) is 11.0 Å². The van der Waals surface area contributed by atoms with E-state index in [1.807, 2.05) is 18.5 Å². The van der Waals surface area contributed by atoms with Crippen LogP contribution in [0, 0.1) is 6.92 Å². The highest BCUT2D eigenvalue weighted by molar-refractivity contribution is 7.91. The minimum atomic E-state index is -2.94. The van der Waals surface area contributed by atoms with Gasteiger partial charge in [0.15, 0.2) is 15.7 Å². The van der Waals surface area contributed by atoms with Gasteiger partial charge in [-0.1, -0.05) is 0 Å². The van der Waals surface area contributed by atoms with E-state index in [0.717, 1.165) is 11.4 Å². The third kappa shape index (κ3) is 2.05. The molecule has 19 heavy (non-hydrogen) atoms. The van der Waals surface area contributed by atoms with Gasteiger partial charge in [-0.2, -0.15) is 5.10 Å². The Hall–Kier alpha value is -1.70. The maximum atomic E-state index is 11.6. The molecule has 0 bridgehead atoms. The molecular weight excluding hydrogens is 266 g/mol. The summed E-state index contributed by atoms with van der Waals surface area (Å²) in [7, 11) is -1.05. The highest BCUT2D eigenvalue weighted by atomic mass is 32.2. The summed E-state index contributed by atoms with van der Waals surface area (Å²) in [6, 6.07) is -0.128. The smallest absolute Gasteiger partial charge is 0.176 e. The maximum Gasteiger partial charge on any atom is 0.176 e. The highest BCUT2D eigenvalue weighted by Crippen LogP contribution is 2.28. The Morgan fingerprint density at radius 2 is 2.16 bits per heavy atom. The summed E-state index contributed by atoms with van der Waals surface area (Å²) in [5.74, 6) is 1.04. The quantitative estimate of drug-likeness (QED) is 0.793. The average molecular weight is 281 g/mol. The third-order valence-corrected chi connectivity index (χ3v) is 5.21. The van der Waals surface area contributed by atoms with Gasteiger partial charge in [-0.25, -0.2) is 23.1 Å². The lowest BCUT2D eigenvalue weighted by Gasteiger charge is -2.12. The van der Waals surface area contributed by atoms with Crippen LogP contribution in [0.4, 0.5) is 0 Å². The largest absolute Gasteiger partial charge is 0.331 e. The van der Waals surface area contributed by atoms with Crippen molar-refractivity contribution >= 4 is 9.84 Å². The molecule has 3 heterocycles. The lowest BCUT2D eigenvalue weighted by Crippen LogP contribution is -2.14. The first kappa shape index (κ1) is 12.3. The van der Waals surface area contributed by atoms with E-state index >= 15 is 0 Å². The van der Waals surface area contributed by atoms with Crippen molar-refractivity contribution in [3.8, 4) is 11.5 Å². The van der Waals surface area contributed by atoms with Crippen molar-refractivity contribution in [3.05, 3.63) is 18.3 Å². The van der Waals surface area contributed by atoms with Gasteiger partial charge in [-0.15, -0.1) is 0 Å². The van der Waals surface area contributed by atoms with E-state index < -0.39 is 9.84 Å². The molecular formula is C11H15N5O2S. The zero-order valence-electron chi connectivity index (χ0n) is 10.8. The van der Waals surface area contributed by atoms with E-state index in [9.17, 15) is 8.42 Å². The standard InChI is InChI=1S/C11H15N5O2S/c1-8-10(15(2)7-13-8)11-12-6-14-16(11)9-3-4-19(17,18)5-9/h6-7,9H,3-5H2,1-2H3. The van der Waals surface area contributed by atoms with Crippen LogP contribution in [0.3, 0.4) is 0 Å². The lowest BCUT2D eigenvalue weighted by atomic mass is 10.2. The summed E-state index contributed by atoms with van der Waals surface area (Å²) in [5, 5.41) is 4.20. The van der Waals surface area contributed by atoms with Crippen molar-refractivity contribution in [1.29, 1.82) is 0 Å². The van der Waals surface area contributed by atoms with Crippen molar-refractivity contribution in [2.45, 2.75) is 19.4 Å². The van der Waals surface area contributed by atoms with Crippen LogP contribution >= 0.6 is 0 Å². The average Bonchev–Trinajstić information content (AvgIpc) is 2.99. The summed E-state index contributed by atoms with van der Waals surface area (Å²) in [5.41, 5.74) is 1.74. The Morgan fingerprint density at radius 1 is 1.37 bits per heavy atom. The van der Waals surface area contributed by atoms with Gasteiger partial charge in [-0.3, -0.25) is 0 Å². The number of hydrogen-bond donors (Lipinski definition) is 0. The molecule has 1 fully saturated rings. The first-order chi connectivity index (χ1) is 8.98. The number of aromatic nitrogens is 5. The molecule has 0 aliphatic carbocycles. The van der Waals surface area contributed by atoms with Crippen LogP contribution in [0.25, 0.3) is 11.5 Å². The van der Waals surface area contributed by atoms with Gasteiger partial charge in [0.2, 0.25) is 0 Å². The van der Waals surface area contributed by atoms with Gasteiger partial charge in [0.1, 0.15) is 12.0 Å². The van der Waals surface area contributed by atoms with Crippen LogP contribution in [0.1, 0.15) is 18.2 Å². The number of hydrogen-bond acceptors (Lipinski definition) is 5. The van der Waals surface area contributed by atoms with Gasteiger partial charge in [0, 0.05) is 7.05 Å². The van der Waals surface area contributed by atoms with Crippen LogP contribution < -0.4 is 0 Å². The van der Waals surface area contributed by atoms with Crippen LogP contribution in [0.5, 0.6) is 0 Å². The number of rotatable bonds is 2. The predicted molar refractivity (Wildman–Crippen MR) is 69.3 cm³/mol. The monoisotopic (exact) mass is 281 g/mol. The zero-order valence-corrected chi connectivity index (χ0v) is 11.6. The maximum absolute atomic E-state index is 11.6. The van der Waals surface area contributed by atoms with Gasteiger partial charge in [-0.05, 0) is 13.3 Å².